The second-order valence-corrected chi connectivity index (χ2v) is 3.92. The van der Waals surface area contributed by atoms with Gasteiger partial charge in [0, 0.05) is 17.8 Å². The zero-order chi connectivity index (χ0) is 12.1. The molecule has 1 aromatic heterocycles. The Hall–Kier alpha value is -1.87. The van der Waals surface area contributed by atoms with Crippen LogP contribution in [0.25, 0.3) is 5.69 Å². The molecule has 1 unspecified atom stereocenters. The molecule has 0 fully saturated rings. The fourth-order valence-corrected chi connectivity index (χ4v) is 1.83. The van der Waals surface area contributed by atoms with Crippen molar-refractivity contribution in [2.24, 2.45) is 0 Å². The van der Waals surface area contributed by atoms with Gasteiger partial charge in [0.15, 0.2) is 0 Å². The molecule has 0 aliphatic carbocycles. The number of aromatic nitrogens is 2. The molecule has 0 saturated heterocycles. The fourth-order valence-electron chi connectivity index (χ4n) is 1.83. The SMILES string of the molecule is C=CCC(NC)c1cnn(-c2ccccc2)c1. The Morgan fingerprint density at radius 3 is 2.82 bits per heavy atom. The number of rotatable bonds is 5. The van der Waals surface area contributed by atoms with E-state index in [0.29, 0.717) is 0 Å². The average Bonchev–Trinajstić information content (AvgIpc) is 2.86. The van der Waals surface area contributed by atoms with Gasteiger partial charge < -0.3 is 5.32 Å². The Kier molecular flexibility index (Phi) is 3.73. The van der Waals surface area contributed by atoms with Crippen molar-refractivity contribution in [3.8, 4) is 5.69 Å². The number of nitrogens with zero attached hydrogens (tertiary/aromatic N) is 2. The first kappa shape index (κ1) is 11.6. The quantitative estimate of drug-likeness (QED) is 0.796. The predicted molar refractivity (Wildman–Crippen MR) is 70.2 cm³/mol. The maximum Gasteiger partial charge on any atom is 0.0645 e. The Balaban J connectivity index is 2.23. The summed E-state index contributed by atoms with van der Waals surface area (Å²) in [5.41, 5.74) is 2.25. The van der Waals surface area contributed by atoms with Crippen LogP contribution in [0.5, 0.6) is 0 Å². The van der Waals surface area contributed by atoms with Crippen LogP contribution in [0.4, 0.5) is 0 Å². The molecule has 1 N–H and O–H groups in total. The molecule has 88 valence electrons. The number of para-hydroxylation sites is 1. The van der Waals surface area contributed by atoms with E-state index in [0.717, 1.165) is 12.1 Å². The van der Waals surface area contributed by atoms with Crippen molar-refractivity contribution in [2.75, 3.05) is 7.05 Å². The molecule has 0 amide bonds. The summed E-state index contributed by atoms with van der Waals surface area (Å²) in [5.74, 6) is 0. The van der Waals surface area contributed by atoms with E-state index in [2.05, 4.69) is 23.2 Å². The van der Waals surface area contributed by atoms with Crippen LogP contribution in [-0.2, 0) is 0 Å². The van der Waals surface area contributed by atoms with Gasteiger partial charge in [0.25, 0.3) is 0 Å². The highest BCUT2D eigenvalue weighted by atomic mass is 15.3. The van der Waals surface area contributed by atoms with Crippen molar-refractivity contribution in [3.05, 3.63) is 60.9 Å². The van der Waals surface area contributed by atoms with Crippen LogP contribution in [0, 0.1) is 0 Å². The molecule has 1 atom stereocenters. The van der Waals surface area contributed by atoms with Crippen molar-refractivity contribution in [3.63, 3.8) is 0 Å². The molecule has 17 heavy (non-hydrogen) atoms. The maximum atomic E-state index is 4.38. The van der Waals surface area contributed by atoms with Crippen LogP contribution < -0.4 is 5.32 Å². The number of nitrogens with one attached hydrogen (secondary N) is 1. The van der Waals surface area contributed by atoms with E-state index in [1.165, 1.54) is 5.56 Å². The lowest BCUT2D eigenvalue weighted by molar-refractivity contribution is 0.603. The van der Waals surface area contributed by atoms with E-state index in [4.69, 9.17) is 0 Å². The van der Waals surface area contributed by atoms with Crippen molar-refractivity contribution in [1.82, 2.24) is 15.1 Å². The number of hydrogen-bond acceptors (Lipinski definition) is 2. The Labute approximate surface area is 102 Å². The van der Waals surface area contributed by atoms with E-state index in [-0.39, 0.29) is 6.04 Å². The fraction of sp³-hybridized carbons (Fsp3) is 0.214. The van der Waals surface area contributed by atoms with Crippen molar-refractivity contribution in [1.29, 1.82) is 0 Å². The van der Waals surface area contributed by atoms with E-state index < -0.39 is 0 Å². The molecule has 1 aromatic carbocycles. The Bertz CT molecular complexity index is 473. The molecule has 2 rings (SSSR count). The van der Waals surface area contributed by atoms with Gasteiger partial charge in [-0.05, 0) is 25.6 Å². The van der Waals surface area contributed by atoms with E-state index in [1.807, 2.05) is 54.3 Å². The average molecular weight is 227 g/mol. The van der Waals surface area contributed by atoms with Crippen LogP contribution in [0.2, 0.25) is 0 Å². The smallest absolute Gasteiger partial charge is 0.0645 e. The lowest BCUT2D eigenvalue weighted by atomic mass is 10.1. The monoisotopic (exact) mass is 227 g/mol. The second-order valence-electron chi connectivity index (χ2n) is 3.92. The lowest BCUT2D eigenvalue weighted by Gasteiger charge is -2.10. The summed E-state index contributed by atoms with van der Waals surface area (Å²) in [6, 6.07) is 10.4. The van der Waals surface area contributed by atoms with Crippen molar-refractivity contribution in [2.45, 2.75) is 12.5 Å². The third-order valence-corrected chi connectivity index (χ3v) is 2.78. The van der Waals surface area contributed by atoms with Gasteiger partial charge in [-0.25, -0.2) is 4.68 Å². The minimum Gasteiger partial charge on any atom is -0.313 e. The molecule has 0 aliphatic heterocycles. The molecule has 3 heteroatoms. The highest BCUT2D eigenvalue weighted by Gasteiger charge is 2.09. The first-order chi connectivity index (χ1) is 8.35. The van der Waals surface area contributed by atoms with Gasteiger partial charge >= 0.3 is 0 Å². The minimum absolute atomic E-state index is 0.282. The molecular weight excluding hydrogens is 210 g/mol. The third kappa shape index (κ3) is 2.63. The van der Waals surface area contributed by atoms with E-state index >= 15 is 0 Å². The van der Waals surface area contributed by atoms with Gasteiger partial charge in [-0.1, -0.05) is 24.3 Å². The van der Waals surface area contributed by atoms with Crippen molar-refractivity contribution < 1.29 is 0 Å². The van der Waals surface area contributed by atoms with Crippen LogP contribution in [0.1, 0.15) is 18.0 Å². The molecule has 0 bridgehead atoms. The Morgan fingerprint density at radius 2 is 2.18 bits per heavy atom. The summed E-state index contributed by atoms with van der Waals surface area (Å²) in [6.45, 7) is 3.77. The molecule has 0 radical (unpaired) electrons. The molecule has 0 spiro atoms. The molecule has 3 nitrogen and oxygen atoms in total. The third-order valence-electron chi connectivity index (χ3n) is 2.78. The van der Waals surface area contributed by atoms with Gasteiger partial charge in [0.05, 0.1) is 11.9 Å². The molecular formula is C14H17N3. The zero-order valence-corrected chi connectivity index (χ0v) is 10.0. The highest BCUT2D eigenvalue weighted by molar-refractivity contribution is 5.31. The molecule has 2 aromatic rings. The largest absolute Gasteiger partial charge is 0.313 e. The van der Waals surface area contributed by atoms with Gasteiger partial charge in [-0.15, -0.1) is 6.58 Å². The maximum absolute atomic E-state index is 4.38. The molecule has 1 heterocycles. The van der Waals surface area contributed by atoms with E-state index in [1.54, 1.807) is 0 Å². The first-order valence-electron chi connectivity index (χ1n) is 5.73. The van der Waals surface area contributed by atoms with Gasteiger partial charge in [0.1, 0.15) is 0 Å². The summed E-state index contributed by atoms with van der Waals surface area (Å²) in [7, 11) is 1.95. The van der Waals surface area contributed by atoms with Gasteiger partial charge in [-0.3, -0.25) is 0 Å². The van der Waals surface area contributed by atoms with Crippen molar-refractivity contribution >= 4 is 0 Å². The summed E-state index contributed by atoms with van der Waals surface area (Å²) in [6.07, 6.45) is 6.77. The second kappa shape index (κ2) is 5.46. The standard InChI is InChI=1S/C14H17N3/c1-3-7-14(15-2)12-10-16-17(11-12)13-8-5-4-6-9-13/h3-6,8-11,14-15H,1,7H2,2H3. The highest BCUT2D eigenvalue weighted by Crippen LogP contribution is 2.17. The number of benzene rings is 1. The normalized spacial score (nSPS) is 12.3. The van der Waals surface area contributed by atoms with Gasteiger partial charge in [0.2, 0.25) is 0 Å². The first-order valence-corrected chi connectivity index (χ1v) is 5.73. The predicted octanol–water partition coefficient (Wildman–Crippen LogP) is 2.71. The van der Waals surface area contributed by atoms with Crippen LogP contribution in [0.3, 0.4) is 0 Å². The zero-order valence-electron chi connectivity index (χ0n) is 10.0. The summed E-state index contributed by atoms with van der Waals surface area (Å²) in [5, 5.41) is 7.64. The van der Waals surface area contributed by atoms with Crippen LogP contribution >= 0.6 is 0 Å². The molecule has 0 saturated carbocycles. The molecule has 0 aliphatic rings. The summed E-state index contributed by atoms with van der Waals surface area (Å²) in [4.78, 5) is 0. The number of hydrogen-bond donors (Lipinski definition) is 1. The topological polar surface area (TPSA) is 29.9 Å². The van der Waals surface area contributed by atoms with E-state index in [9.17, 15) is 0 Å². The summed E-state index contributed by atoms with van der Waals surface area (Å²) >= 11 is 0. The van der Waals surface area contributed by atoms with Crippen LogP contribution in [0.15, 0.2) is 55.4 Å². The van der Waals surface area contributed by atoms with Gasteiger partial charge in [-0.2, -0.15) is 5.10 Å². The minimum atomic E-state index is 0.282. The Morgan fingerprint density at radius 1 is 1.41 bits per heavy atom. The van der Waals surface area contributed by atoms with Crippen LogP contribution in [-0.4, -0.2) is 16.8 Å². The lowest BCUT2D eigenvalue weighted by Crippen LogP contribution is -2.14. The summed E-state index contributed by atoms with van der Waals surface area (Å²) < 4.78 is 1.89.